The lowest BCUT2D eigenvalue weighted by Gasteiger charge is -2.23. The Balaban J connectivity index is 1.06. The van der Waals surface area contributed by atoms with Crippen molar-refractivity contribution in [2.75, 3.05) is 0 Å². The van der Waals surface area contributed by atoms with Crippen LogP contribution >= 0.6 is 0 Å². The zero-order valence-electron chi connectivity index (χ0n) is 33.1. The molecular weight excluding hydrogens is 735 g/mol. The second-order valence-electron chi connectivity index (χ2n) is 16.7. The van der Waals surface area contributed by atoms with Gasteiger partial charge in [0.2, 0.25) is 5.95 Å². The predicted octanol–water partition coefficient (Wildman–Crippen LogP) is 13.4. The van der Waals surface area contributed by atoms with Crippen molar-refractivity contribution in [2.24, 2.45) is 0 Å². The molecule has 13 rings (SSSR count). The maximum absolute atomic E-state index is 6.45. The van der Waals surface area contributed by atoms with Crippen LogP contribution in [0.1, 0.15) is 42.7 Å². The minimum atomic E-state index is -0.194. The molecule has 60 heavy (non-hydrogen) atoms. The molecule has 0 aliphatic heterocycles. The summed E-state index contributed by atoms with van der Waals surface area (Å²) in [7, 11) is 0. The van der Waals surface area contributed by atoms with Crippen molar-refractivity contribution in [1.29, 1.82) is 0 Å². The molecule has 0 N–H and O–H groups in total. The zero-order chi connectivity index (χ0) is 39.7. The highest BCUT2D eigenvalue weighted by Gasteiger charge is 2.38. The molecule has 4 heterocycles. The summed E-state index contributed by atoms with van der Waals surface area (Å²) in [6.07, 6.45) is 6.30. The van der Waals surface area contributed by atoms with Crippen LogP contribution < -0.4 is 0 Å². The fraction of sp³-hybridized carbons (Fsp3) is 0.0926. The van der Waals surface area contributed by atoms with Crippen molar-refractivity contribution in [3.05, 3.63) is 180 Å². The fourth-order valence-corrected chi connectivity index (χ4v) is 10.3. The van der Waals surface area contributed by atoms with Gasteiger partial charge in [-0.25, -0.2) is 4.98 Å². The van der Waals surface area contributed by atoms with Gasteiger partial charge in [0.1, 0.15) is 11.3 Å². The van der Waals surface area contributed by atoms with E-state index in [0.29, 0.717) is 17.6 Å². The molecule has 0 bridgehead atoms. The summed E-state index contributed by atoms with van der Waals surface area (Å²) in [6, 6.07) is 54.3. The Kier molecular flexibility index (Phi) is 6.81. The summed E-state index contributed by atoms with van der Waals surface area (Å²) < 4.78 is 11.1. The summed E-state index contributed by atoms with van der Waals surface area (Å²) >= 11 is 0. The molecule has 4 aromatic heterocycles. The summed E-state index contributed by atoms with van der Waals surface area (Å²) in [5.74, 6) is 2.78. The highest BCUT2D eigenvalue weighted by atomic mass is 16.3. The van der Waals surface area contributed by atoms with Gasteiger partial charge in [-0.2, -0.15) is 9.97 Å². The average Bonchev–Trinajstić information content (AvgIpc) is 4.01. The topological polar surface area (TPSA) is 61.7 Å². The van der Waals surface area contributed by atoms with Gasteiger partial charge in [-0.05, 0) is 71.1 Å². The Morgan fingerprint density at radius 3 is 1.97 bits per heavy atom. The molecule has 284 valence electrons. The minimum Gasteiger partial charge on any atom is -0.460 e. The number of aryl methyl sites for hydroxylation is 1. The van der Waals surface area contributed by atoms with Gasteiger partial charge in [-0.1, -0.05) is 135 Å². The van der Waals surface area contributed by atoms with E-state index in [4.69, 9.17) is 19.4 Å². The maximum atomic E-state index is 6.45. The largest absolute Gasteiger partial charge is 0.460 e. The molecule has 0 saturated carbocycles. The van der Waals surface area contributed by atoms with Crippen LogP contribution in [0, 0.1) is 0 Å². The van der Waals surface area contributed by atoms with Gasteiger partial charge >= 0.3 is 0 Å². The normalized spacial score (nSPS) is 14.1. The van der Waals surface area contributed by atoms with Gasteiger partial charge in [0, 0.05) is 61.1 Å². The lowest BCUT2D eigenvalue weighted by atomic mass is 9.81. The zero-order valence-corrected chi connectivity index (χ0v) is 33.1. The number of hydrogen-bond acceptors (Lipinski definition) is 4. The first-order valence-corrected chi connectivity index (χ1v) is 20.8. The second kappa shape index (κ2) is 12.2. The van der Waals surface area contributed by atoms with Crippen LogP contribution in [0.3, 0.4) is 0 Å². The third kappa shape index (κ3) is 4.61. The number of furan rings is 1. The van der Waals surface area contributed by atoms with Gasteiger partial charge in [-0.3, -0.25) is 4.57 Å². The standard InChI is InChI=1S/C54H37N5O/c1-54(2)43-21-8-3-16-35(43)41-28-29-42-38-19-6-9-22-44(38)58(50(42)49(41)54)34-15-13-14-32(30-34)51-55-52(33-26-27-40-39-20-7-12-25-47(39)60-48(40)31-33)57-53(56-51)59-45-23-10-4-17-36(45)37-18-5-11-24-46(37)59/h3-11,13-24,26-31H,12,25H2,1-2H3. The molecule has 0 saturated heterocycles. The van der Waals surface area contributed by atoms with Crippen LogP contribution in [0.15, 0.2) is 162 Å². The molecule has 6 nitrogen and oxygen atoms in total. The number of fused-ring (bicyclic) bond motifs is 13. The summed E-state index contributed by atoms with van der Waals surface area (Å²) in [5, 5.41) is 5.89. The van der Waals surface area contributed by atoms with E-state index in [-0.39, 0.29) is 5.41 Å². The highest BCUT2D eigenvalue weighted by Crippen LogP contribution is 2.53. The van der Waals surface area contributed by atoms with Crippen molar-refractivity contribution in [3.63, 3.8) is 0 Å². The Labute approximate surface area is 345 Å². The van der Waals surface area contributed by atoms with Gasteiger partial charge in [0.05, 0.1) is 22.1 Å². The second-order valence-corrected chi connectivity index (χ2v) is 16.7. The number of rotatable bonds is 4. The van der Waals surface area contributed by atoms with Crippen LogP contribution in [0.4, 0.5) is 0 Å². The summed E-state index contributed by atoms with van der Waals surface area (Å²) in [6.45, 7) is 4.73. The van der Waals surface area contributed by atoms with E-state index in [9.17, 15) is 0 Å². The fourth-order valence-electron chi connectivity index (χ4n) is 10.3. The first-order valence-electron chi connectivity index (χ1n) is 20.8. The molecule has 0 amide bonds. The molecule has 6 heteroatoms. The minimum absolute atomic E-state index is 0.194. The Hall–Kier alpha value is -7.57. The molecule has 2 aliphatic carbocycles. The van der Waals surface area contributed by atoms with Crippen molar-refractivity contribution < 1.29 is 4.42 Å². The van der Waals surface area contributed by atoms with E-state index in [1.165, 1.54) is 44.1 Å². The molecule has 0 atom stereocenters. The van der Waals surface area contributed by atoms with E-state index in [1.54, 1.807) is 0 Å². The number of allylic oxidation sites excluding steroid dienone is 1. The average molecular weight is 772 g/mol. The van der Waals surface area contributed by atoms with Gasteiger partial charge in [0.15, 0.2) is 11.6 Å². The van der Waals surface area contributed by atoms with Gasteiger partial charge in [0.25, 0.3) is 0 Å². The highest BCUT2D eigenvalue weighted by molar-refractivity contribution is 6.13. The van der Waals surface area contributed by atoms with Crippen molar-refractivity contribution in [2.45, 2.75) is 32.1 Å². The van der Waals surface area contributed by atoms with Gasteiger partial charge in [-0.15, -0.1) is 0 Å². The van der Waals surface area contributed by atoms with Crippen LogP contribution in [-0.2, 0) is 11.8 Å². The summed E-state index contributed by atoms with van der Waals surface area (Å²) in [5.41, 5.74) is 14.4. The van der Waals surface area contributed by atoms with Crippen LogP contribution in [0.2, 0.25) is 0 Å². The monoisotopic (exact) mass is 771 g/mol. The third-order valence-corrected chi connectivity index (χ3v) is 13.0. The number of aromatic nitrogens is 5. The van der Waals surface area contributed by atoms with E-state index in [0.717, 1.165) is 73.7 Å². The van der Waals surface area contributed by atoms with E-state index in [1.807, 2.05) is 0 Å². The van der Waals surface area contributed by atoms with Gasteiger partial charge < -0.3 is 8.98 Å². The molecule has 0 fully saturated rings. The van der Waals surface area contributed by atoms with Crippen molar-refractivity contribution >= 4 is 60.7 Å². The smallest absolute Gasteiger partial charge is 0.238 e. The molecule has 0 radical (unpaired) electrons. The third-order valence-electron chi connectivity index (χ3n) is 13.0. The van der Waals surface area contributed by atoms with Crippen LogP contribution in [0.25, 0.3) is 106 Å². The molecule has 0 spiro atoms. The predicted molar refractivity (Wildman–Crippen MR) is 244 cm³/mol. The molecule has 2 aliphatic rings. The maximum Gasteiger partial charge on any atom is 0.238 e. The molecular formula is C54H37N5O. The summed E-state index contributed by atoms with van der Waals surface area (Å²) in [4.78, 5) is 15.9. The molecule has 11 aromatic rings. The SMILES string of the molecule is CC1(C)c2ccccc2-c2ccc3c4ccccc4n(-c4cccc(-c5nc(-c6ccc7c8c(oc7c6)CCC=C8)nc(-n6c7ccccc7c7ccccc76)n5)c4)c3c21. The number of nitrogens with zero attached hydrogens (tertiary/aromatic N) is 5. The van der Waals surface area contributed by atoms with Crippen molar-refractivity contribution in [1.82, 2.24) is 24.1 Å². The number of para-hydroxylation sites is 3. The lowest BCUT2D eigenvalue weighted by Crippen LogP contribution is -2.16. The Bertz CT molecular complexity index is 3600. The van der Waals surface area contributed by atoms with Crippen LogP contribution in [0.5, 0.6) is 0 Å². The Morgan fingerprint density at radius 1 is 0.550 bits per heavy atom. The molecule has 0 unspecified atom stereocenters. The first-order chi connectivity index (χ1) is 29.5. The lowest BCUT2D eigenvalue weighted by molar-refractivity contribution is 0.546. The number of hydrogen-bond donors (Lipinski definition) is 0. The quantitative estimate of drug-likeness (QED) is 0.179. The van der Waals surface area contributed by atoms with E-state index < -0.39 is 0 Å². The van der Waals surface area contributed by atoms with E-state index in [2.05, 4.69) is 187 Å². The Morgan fingerprint density at radius 2 is 1.20 bits per heavy atom. The van der Waals surface area contributed by atoms with Crippen molar-refractivity contribution in [3.8, 4) is 45.5 Å². The van der Waals surface area contributed by atoms with Crippen LogP contribution in [-0.4, -0.2) is 24.1 Å². The number of benzene rings is 7. The van der Waals surface area contributed by atoms with E-state index >= 15 is 0 Å². The first kappa shape index (κ1) is 33.4. The molecule has 7 aromatic carbocycles.